The number of nitrogens with one attached hydrogen (secondary N) is 1. The first-order valence-electron chi connectivity index (χ1n) is 9.75. The van der Waals surface area contributed by atoms with E-state index in [1.54, 1.807) is 0 Å². The predicted octanol–water partition coefficient (Wildman–Crippen LogP) is 4.77. The number of aromatic nitrogens is 2. The summed E-state index contributed by atoms with van der Waals surface area (Å²) in [5.74, 6) is 0.809. The summed E-state index contributed by atoms with van der Waals surface area (Å²) in [6, 6.07) is 7.78. The lowest BCUT2D eigenvalue weighted by Gasteiger charge is -2.36. The van der Waals surface area contributed by atoms with E-state index in [2.05, 4.69) is 34.0 Å². The number of morpholine rings is 1. The van der Waals surface area contributed by atoms with Gasteiger partial charge in [-0.1, -0.05) is 17.7 Å². The Morgan fingerprint density at radius 1 is 1.23 bits per heavy atom. The van der Waals surface area contributed by atoms with Crippen LogP contribution in [0.15, 0.2) is 30.5 Å². The Kier molecular flexibility index (Phi) is 6.38. The van der Waals surface area contributed by atoms with Gasteiger partial charge in [-0.05, 0) is 44.5 Å². The van der Waals surface area contributed by atoms with Crippen LogP contribution in [0.5, 0.6) is 0 Å². The monoisotopic (exact) mass is 462 g/mol. The number of hydrogen-bond acceptors (Lipinski definition) is 7. The normalized spacial score (nSPS) is 19.1. The summed E-state index contributed by atoms with van der Waals surface area (Å²) in [6.07, 6.45) is 2.19. The molecular formula is C21H23ClN4O2S2. The molecule has 158 valence electrons. The lowest BCUT2D eigenvalue weighted by molar-refractivity contribution is -0.00546. The van der Waals surface area contributed by atoms with Crippen molar-refractivity contribution in [2.24, 2.45) is 0 Å². The number of pyridine rings is 1. The number of halogens is 1. The van der Waals surface area contributed by atoms with Gasteiger partial charge in [0.2, 0.25) is 0 Å². The molecule has 30 heavy (non-hydrogen) atoms. The molecular weight excluding hydrogens is 440 g/mol. The molecule has 0 aromatic carbocycles. The topological polar surface area (TPSA) is 67.4 Å². The van der Waals surface area contributed by atoms with Crippen molar-refractivity contribution in [3.05, 3.63) is 50.9 Å². The van der Waals surface area contributed by atoms with E-state index >= 15 is 0 Å². The number of ether oxygens (including phenoxy) is 1. The Bertz CT molecular complexity index is 1020. The predicted molar refractivity (Wildman–Crippen MR) is 123 cm³/mol. The zero-order valence-corrected chi connectivity index (χ0v) is 19.4. The largest absolute Gasteiger partial charge is 0.372 e. The number of aryl methyl sites for hydroxylation is 1. The minimum absolute atomic E-state index is 0.126. The fourth-order valence-electron chi connectivity index (χ4n) is 3.48. The van der Waals surface area contributed by atoms with Crippen molar-refractivity contribution < 1.29 is 9.53 Å². The van der Waals surface area contributed by atoms with Crippen LogP contribution in [0.1, 0.15) is 34.8 Å². The summed E-state index contributed by atoms with van der Waals surface area (Å²) in [4.78, 5) is 25.6. The van der Waals surface area contributed by atoms with E-state index in [0.717, 1.165) is 40.0 Å². The third-order valence-corrected chi connectivity index (χ3v) is 7.35. The van der Waals surface area contributed by atoms with Gasteiger partial charge in [-0.2, -0.15) is 0 Å². The van der Waals surface area contributed by atoms with Crippen LogP contribution in [0.4, 0.5) is 5.82 Å². The zero-order valence-electron chi connectivity index (χ0n) is 17.0. The highest BCUT2D eigenvalue weighted by atomic mass is 35.5. The summed E-state index contributed by atoms with van der Waals surface area (Å²) in [5.41, 5.74) is 1.68. The summed E-state index contributed by atoms with van der Waals surface area (Å²) in [6.45, 7) is 8.08. The second kappa shape index (κ2) is 9.01. The SMILES string of the molecule is Cc1nc(-c2ccc(Cl)s2)sc1C(=O)NCc1ccc(N2CC(C)OC(C)C2)nc1. The van der Waals surface area contributed by atoms with Crippen LogP contribution in [0, 0.1) is 6.92 Å². The van der Waals surface area contributed by atoms with E-state index in [-0.39, 0.29) is 18.1 Å². The Morgan fingerprint density at radius 2 is 2.00 bits per heavy atom. The number of thiazole rings is 1. The lowest BCUT2D eigenvalue weighted by atomic mass is 10.2. The van der Waals surface area contributed by atoms with Gasteiger partial charge in [0.1, 0.15) is 15.7 Å². The molecule has 1 aliphatic heterocycles. The number of carbonyl (C=O) groups excluding carboxylic acids is 1. The van der Waals surface area contributed by atoms with E-state index in [4.69, 9.17) is 16.3 Å². The molecule has 2 atom stereocenters. The third kappa shape index (κ3) is 4.83. The maximum Gasteiger partial charge on any atom is 0.263 e. The summed E-state index contributed by atoms with van der Waals surface area (Å²) in [7, 11) is 0. The van der Waals surface area contributed by atoms with Crippen LogP contribution < -0.4 is 10.2 Å². The third-order valence-electron chi connectivity index (χ3n) is 4.79. The smallest absolute Gasteiger partial charge is 0.263 e. The Morgan fingerprint density at radius 3 is 2.63 bits per heavy atom. The number of carbonyl (C=O) groups is 1. The number of rotatable bonds is 5. The van der Waals surface area contributed by atoms with Gasteiger partial charge in [-0.3, -0.25) is 4.79 Å². The van der Waals surface area contributed by atoms with Crippen molar-refractivity contribution in [2.45, 2.75) is 39.5 Å². The number of thiophene rings is 1. The minimum atomic E-state index is -0.126. The molecule has 4 heterocycles. The quantitative estimate of drug-likeness (QED) is 0.591. The zero-order chi connectivity index (χ0) is 21.3. The fourth-order valence-corrected chi connectivity index (χ4v) is 5.56. The number of hydrogen-bond donors (Lipinski definition) is 1. The molecule has 0 spiro atoms. The summed E-state index contributed by atoms with van der Waals surface area (Å²) < 4.78 is 6.49. The number of amides is 1. The first kappa shape index (κ1) is 21.2. The van der Waals surface area contributed by atoms with Crippen molar-refractivity contribution >= 4 is 46.0 Å². The maximum atomic E-state index is 12.7. The molecule has 2 unspecified atom stereocenters. The van der Waals surface area contributed by atoms with Gasteiger partial charge in [-0.15, -0.1) is 22.7 Å². The van der Waals surface area contributed by atoms with Crippen LogP contribution in [-0.2, 0) is 11.3 Å². The second-order valence-electron chi connectivity index (χ2n) is 7.41. The molecule has 1 aliphatic rings. The second-order valence-corrected chi connectivity index (χ2v) is 10.1. The molecule has 3 aromatic rings. The average Bonchev–Trinajstić information content (AvgIpc) is 3.31. The number of nitrogens with zero attached hydrogens (tertiary/aromatic N) is 3. The Hall–Kier alpha value is -2.00. The van der Waals surface area contributed by atoms with E-state index in [9.17, 15) is 4.79 Å². The van der Waals surface area contributed by atoms with Crippen molar-refractivity contribution in [2.75, 3.05) is 18.0 Å². The van der Waals surface area contributed by atoms with Crippen LogP contribution in [-0.4, -0.2) is 41.2 Å². The van der Waals surface area contributed by atoms with E-state index in [1.165, 1.54) is 22.7 Å². The van der Waals surface area contributed by atoms with Crippen LogP contribution >= 0.6 is 34.3 Å². The molecule has 3 aromatic heterocycles. The highest BCUT2D eigenvalue weighted by Gasteiger charge is 2.23. The van der Waals surface area contributed by atoms with Crippen molar-refractivity contribution in [1.29, 1.82) is 0 Å². The highest BCUT2D eigenvalue weighted by molar-refractivity contribution is 7.24. The summed E-state index contributed by atoms with van der Waals surface area (Å²) >= 11 is 8.86. The first-order valence-corrected chi connectivity index (χ1v) is 11.8. The molecule has 1 fully saturated rings. The highest BCUT2D eigenvalue weighted by Crippen LogP contribution is 2.34. The maximum absolute atomic E-state index is 12.7. The molecule has 0 saturated carbocycles. The van der Waals surface area contributed by atoms with Crippen molar-refractivity contribution in [1.82, 2.24) is 15.3 Å². The van der Waals surface area contributed by atoms with Gasteiger partial charge in [0.05, 0.1) is 27.1 Å². The standard InChI is InChI=1S/C21H23ClN4O2S2/c1-12-10-26(11-13(2)28-12)18-7-4-15(8-23-18)9-24-20(27)19-14(3)25-21(30-19)16-5-6-17(22)29-16/h4-8,12-13H,9-11H2,1-3H3,(H,24,27). The van der Waals surface area contributed by atoms with Crippen molar-refractivity contribution in [3.8, 4) is 9.88 Å². The van der Waals surface area contributed by atoms with Gasteiger partial charge in [0.25, 0.3) is 5.91 Å². The van der Waals surface area contributed by atoms with E-state index < -0.39 is 0 Å². The van der Waals surface area contributed by atoms with Crippen LogP contribution in [0.2, 0.25) is 4.34 Å². The van der Waals surface area contributed by atoms with Gasteiger partial charge in [0.15, 0.2) is 0 Å². The molecule has 4 rings (SSSR count). The Balaban J connectivity index is 1.38. The van der Waals surface area contributed by atoms with E-state index in [1.807, 2.05) is 37.4 Å². The van der Waals surface area contributed by atoms with Crippen molar-refractivity contribution in [3.63, 3.8) is 0 Å². The average molecular weight is 463 g/mol. The van der Waals surface area contributed by atoms with Gasteiger partial charge in [-0.25, -0.2) is 9.97 Å². The summed E-state index contributed by atoms with van der Waals surface area (Å²) in [5, 5.41) is 3.79. The molecule has 9 heteroatoms. The minimum Gasteiger partial charge on any atom is -0.372 e. The van der Waals surface area contributed by atoms with Gasteiger partial charge < -0.3 is 15.0 Å². The fraction of sp³-hybridized carbons (Fsp3) is 0.381. The first-order chi connectivity index (χ1) is 14.4. The molecule has 1 N–H and O–H groups in total. The molecule has 0 aliphatic carbocycles. The lowest BCUT2D eigenvalue weighted by Crippen LogP contribution is -2.45. The molecule has 0 radical (unpaired) electrons. The molecule has 1 saturated heterocycles. The van der Waals surface area contributed by atoms with Gasteiger partial charge in [0, 0.05) is 25.8 Å². The van der Waals surface area contributed by atoms with Crippen LogP contribution in [0.25, 0.3) is 9.88 Å². The van der Waals surface area contributed by atoms with Crippen LogP contribution in [0.3, 0.4) is 0 Å². The molecule has 0 bridgehead atoms. The number of anilines is 1. The molecule has 6 nitrogen and oxygen atoms in total. The van der Waals surface area contributed by atoms with Gasteiger partial charge >= 0.3 is 0 Å². The Labute approximate surface area is 188 Å². The van der Waals surface area contributed by atoms with E-state index in [0.29, 0.717) is 15.8 Å². The molecule has 1 amide bonds.